The van der Waals surface area contributed by atoms with Gasteiger partial charge >= 0.3 is 5.97 Å². The molecule has 7 nitrogen and oxygen atoms in total. The summed E-state index contributed by atoms with van der Waals surface area (Å²) in [4.78, 5) is 22.7. The summed E-state index contributed by atoms with van der Waals surface area (Å²) in [6.07, 6.45) is 4.07. The van der Waals surface area contributed by atoms with Crippen LogP contribution >= 0.6 is 0 Å². The van der Waals surface area contributed by atoms with Crippen molar-refractivity contribution in [2.24, 2.45) is 4.99 Å². The Kier molecular flexibility index (Phi) is 7.28. The fraction of sp³-hybridized carbons (Fsp3) is 0.321. The monoisotopic (exact) mass is 473 g/mol. The molecule has 0 radical (unpaired) electrons. The first kappa shape index (κ1) is 24.6. The van der Waals surface area contributed by atoms with E-state index in [9.17, 15) is 4.79 Å². The molecular formula is C28H31N3O4. The minimum absolute atomic E-state index is 0.0592. The van der Waals surface area contributed by atoms with E-state index in [0.717, 1.165) is 39.2 Å². The lowest BCUT2D eigenvalue weighted by molar-refractivity contribution is -0.155. The molecule has 4 rings (SSSR count). The van der Waals surface area contributed by atoms with Crippen LogP contribution in [0.4, 0.5) is 0 Å². The standard InChI is InChI=1S/C28H31N3O4/c1-18-25-21-10-6-7-11-22(21)26(20-14-12-19(13-15-20)9-8-16-29-33-5)30-23(27(25)35-31-18)17-24(32)34-28(2,3)4/h6-15,23,29H,16-17H2,1-5H3/b9-8+/t23-/m0/s1. The van der Waals surface area contributed by atoms with E-state index in [1.807, 2.05) is 88.4 Å². The molecule has 1 aliphatic heterocycles. The summed E-state index contributed by atoms with van der Waals surface area (Å²) in [5.74, 6) is 0.253. The lowest BCUT2D eigenvalue weighted by atomic mass is 9.92. The Morgan fingerprint density at radius 3 is 2.51 bits per heavy atom. The first-order chi connectivity index (χ1) is 16.8. The van der Waals surface area contributed by atoms with Crippen molar-refractivity contribution in [1.82, 2.24) is 10.6 Å². The number of benzene rings is 2. The van der Waals surface area contributed by atoms with Crippen molar-refractivity contribution in [3.63, 3.8) is 0 Å². The van der Waals surface area contributed by atoms with Gasteiger partial charge in [0, 0.05) is 17.7 Å². The molecule has 0 amide bonds. The van der Waals surface area contributed by atoms with Crippen molar-refractivity contribution in [3.05, 3.63) is 82.8 Å². The fourth-order valence-electron chi connectivity index (χ4n) is 4.12. The third-order valence-corrected chi connectivity index (χ3v) is 5.55. The van der Waals surface area contributed by atoms with Crippen LogP contribution in [-0.4, -0.2) is 36.1 Å². The molecule has 0 saturated carbocycles. The number of hydroxylamine groups is 1. The zero-order chi connectivity index (χ0) is 25.0. The van der Waals surface area contributed by atoms with Gasteiger partial charge in [-0.25, -0.2) is 0 Å². The van der Waals surface area contributed by atoms with Gasteiger partial charge in [0.1, 0.15) is 11.6 Å². The SMILES string of the molecule is CONC/C=C/c1ccc(C2=N[C@@H](CC(=O)OC(C)(C)C)c3onc(C)c3-c3ccccc32)cc1. The Morgan fingerprint density at radius 2 is 1.83 bits per heavy atom. The number of nitrogens with zero attached hydrogens (tertiary/aromatic N) is 2. The molecule has 0 bridgehead atoms. The summed E-state index contributed by atoms with van der Waals surface area (Å²) in [6, 6.07) is 15.7. The van der Waals surface area contributed by atoms with Crippen LogP contribution in [0.2, 0.25) is 0 Å². The van der Waals surface area contributed by atoms with E-state index in [-0.39, 0.29) is 12.4 Å². The van der Waals surface area contributed by atoms with Crippen LogP contribution in [-0.2, 0) is 14.4 Å². The first-order valence-corrected chi connectivity index (χ1v) is 11.6. The van der Waals surface area contributed by atoms with Crippen LogP contribution < -0.4 is 5.48 Å². The maximum atomic E-state index is 12.8. The third kappa shape index (κ3) is 5.75. The Labute approximate surface area is 205 Å². The average molecular weight is 474 g/mol. The molecule has 0 saturated heterocycles. The molecule has 2 heterocycles. The molecule has 0 fully saturated rings. The Morgan fingerprint density at radius 1 is 1.11 bits per heavy atom. The predicted molar refractivity (Wildman–Crippen MR) is 136 cm³/mol. The molecule has 7 heteroatoms. The van der Waals surface area contributed by atoms with Gasteiger partial charge in [0.2, 0.25) is 0 Å². The van der Waals surface area contributed by atoms with Crippen molar-refractivity contribution in [2.45, 2.75) is 45.8 Å². The van der Waals surface area contributed by atoms with E-state index in [4.69, 9.17) is 19.1 Å². The van der Waals surface area contributed by atoms with E-state index < -0.39 is 11.6 Å². The van der Waals surface area contributed by atoms with Crippen molar-refractivity contribution < 1.29 is 18.9 Å². The molecule has 1 N–H and O–H groups in total. The fourth-order valence-corrected chi connectivity index (χ4v) is 4.12. The van der Waals surface area contributed by atoms with Gasteiger partial charge in [-0.2, -0.15) is 5.48 Å². The summed E-state index contributed by atoms with van der Waals surface area (Å²) in [5, 5.41) is 4.20. The summed E-state index contributed by atoms with van der Waals surface area (Å²) in [7, 11) is 1.59. The Hall–Kier alpha value is -3.55. The number of nitrogens with one attached hydrogen (secondary N) is 1. The number of hydrogen-bond donors (Lipinski definition) is 1. The number of carbonyl (C=O) groups is 1. The number of hydrogen-bond acceptors (Lipinski definition) is 7. The van der Waals surface area contributed by atoms with Gasteiger partial charge < -0.3 is 14.1 Å². The maximum Gasteiger partial charge on any atom is 0.308 e. The van der Waals surface area contributed by atoms with Gasteiger partial charge in [-0.15, -0.1) is 0 Å². The Balaban J connectivity index is 1.75. The van der Waals surface area contributed by atoms with Crippen LogP contribution in [0.5, 0.6) is 0 Å². The van der Waals surface area contributed by atoms with Crippen LogP contribution in [0.25, 0.3) is 17.2 Å². The van der Waals surface area contributed by atoms with Gasteiger partial charge in [-0.1, -0.05) is 65.8 Å². The number of fused-ring (bicyclic) bond motifs is 3. The van der Waals surface area contributed by atoms with E-state index in [1.165, 1.54) is 0 Å². The molecule has 0 unspecified atom stereocenters. The number of aliphatic imine (C=N–C) groups is 1. The number of ether oxygens (including phenoxy) is 1. The quantitative estimate of drug-likeness (QED) is 0.279. The highest BCUT2D eigenvalue weighted by atomic mass is 16.6. The second kappa shape index (κ2) is 10.4. The molecule has 1 atom stereocenters. The molecule has 0 spiro atoms. The second-order valence-corrected chi connectivity index (χ2v) is 9.41. The number of esters is 1. The highest BCUT2D eigenvalue weighted by Crippen LogP contribution is 2.41. The summed E-state index contributed by atoms with van der Waals surface area (Å²) in [6.45, 7) is 8.09. The minimum atomic E-state index is -0.584. The lowest BCUT2D eigenvalue weighted by Crippen LogP contribution is -2.24. The molecular weight excluding hydrogens is 442 g/mol. The van der Waals surface area contributed by atoms with Gasteiger partial charge in [-0.3, -0.25) is 9.79 Å². The molecule has 182 valence electrons. The van der Waals surface area contributed by atoms with E-state index in [1.54, 1.807) is 7.11 Å². The average Bonchev–Trinajstić information content (AvgIpc) is 3.13. The highest BCUT2D eigenvalue weighted by molar-refractivity contribution is 6.17. The smallest absolute Gasteiger partial charge is 0.308 e. The van der Waals surface area contributed by atoms with Gasteiger partial charge in [0.25, 0.3) is 0 Å². The zero-order valence-electron chi connectivity index (χ0n) is 20.8. The maximum absolute atomic E-state index is 12.8. The van der Waals surface area contributed by atoms with Crippen molar-refractivity contribution in [1.29, 1.82) is 0 Å². The van der Waals surface area contributed by atoms with Crippen molar-refractivity contribution in [3.8, 4) is 11.1 Å². The van der Waals surface area contributed by atoms with Crippen LogP contribution in [0.3, 0.4) is 0 Å². The van der Waals surface area contributed by atoms with Crippen LogP contribution in [0, 0.1) is 6.92 Å². The highest BCUT2D eigenvalue weighted by Gasteiger charge is 2.32. The molecule has 35 heavy (non-hydrogen) atoms. The predicted octanol–water partition coefficient (Wildman–Crippen LogP) is 5.44. The van der Waals surface area contributed by atoms with Crippen molar-refractivity contribution >= 4 is 17.8 Å². The zero-order valence-corrected chi connectivity index (χ0v) is 20.8. The topological polar surface area (TPSA) is 86.0 Å². The molecule has 1 aromatic heterocycles. The number of carbonyl (C=O) groups excluding carboxylic acids is 1. The molecule has 2 aromatic carbocycles. The van der Waals surface area contributed by atoms with Gasteiger partial charge in [0.05, 0.1) is 30.5 Å². The third-order valence-electron chi connectivity index (χ3n) is 5.55. The minimum Gasteiger partial charge on any atom is -0.460 e. The van der Waals surface area contributed by atoms with Crippen LogP contribution in [0.15, 0.2) is 64.1 Å². The largest absolute Gasteiger partial charge is 0.460 e. The molecule has 0 aliphatic carbocycles. The van der Waals surface area contributed by atoms with Gasteiger partial charge in [0.15, 0.2) is 5.76 Å². The lowest BCUT2D eigenvalue weighted by Gasteiger charge is -2.20. The first-order valence-electron chi connectivity index (χ1n) is 11.6. The normalized spacial score (nSPS) is 15.3. The number of aryl methyl sites for hydroxylation is 1. The second-order valence-electron chi connectivity index (χ2n) is 9.41. The summed E-state index contributed by atoms with van der Waals surface area (Å²) < 4.78 is 11.3. The van der Waals surface area contributed by atoms with E-state index in [0.29, 0.717) is 12.3 Å². The van der Waals surface area contributed by atoms with Crippen molar-refractivity contribution in [2.75, 3.05) is 13.7 Å². The summed E-state index contributed by atoms with van der Waals surface area (Å²) >= 11 is 0. The molecule has 3 aromatic rings. The van der Waals surface area contributed by atoms with Crippen LogP contribution in [0.1, 0.15) is 61.4 Å². The Bertz CT molecular complexity index is 1250. The summed E-state index contributed by atoms with van der Waals surface area (Å²) in [5.41, 5.74) is 8.63. The van der Waals surface area contributed by atoms with E-state index in [2.05, 4.69) is 10.6 Å². The number of rotatable bonds is 7. The van der Waals surface area contributed by atoms with E-state index >= 15 is 0 Å². The molecule has 1 aliphatic rings. The number of aromatic nitrogens is 1. The van der Waals surface area contributed by atoms with Gasteiger partial charge in [-0.05, 0) is 38.8 Å².